The summed E-state index contributed by atoms with van der Waals surface area (Å²) >= 11 is 1.31. The lowest BCUT2D eigenvalue weighted by Crippen LogP contribution is -2.51. The van der Waals surface area contributed by atoms with Gasteiger partial charge in [0.25, 0.3) is 5.91 Å². The summed E-state index contributed by atoms with van der Waals surface area (Å²) in [5.74, 6) is -2.55. The lowest BCUT2D eigenvalue weighted by atomic mass is 9.74. The van der Waals surface area contributed by atoms with Crippen LogP contribution in [0, 0.1) is 17.6 Å². The number of ether oxygens (including phenoxy) is 1. The monoisotopic (exact) mass is 446 g/mol. The maximum absolute atomic E-state index is 14.8. The summed E-state index contributed by atoms with van der Waals surface area (Å²) < 4.78 is 34.1. The summed E-state index contributed by atoms with van der Waals surface area (Å²) in [6.45, 7) is -0.0660. The zero-order valence-electron chi connectivity index (χ0n) is 16.4. The van der Waals surface area contributed by atoms with Gasteiger partial charge in [0, 0.05) is 28.9 Å². The Morgan fingerprint density at radius 1 is 1.23 bits per heavy atom. The van der Waals surface area contributed by atoms with E-state index in [0.29, 0.717) is 22.9 Å². The van der Waals surface area contributed by atoms with Crippen LogP contribution in [0.1, 0.15) is 28.8 Å². The molecule has 2 heterocycles. The van der Waals surface area contributed by atoms with Gasteiger partial charge in [-0.05, 0) is 24.6 Å². The van der Waals surface area contributed by atoms with Gasteiger partial charge in [-0.3, -0.25) is 9.59 Å². The number of aliphatic imine (C=N–C) groups is 1. The molecule has 31 heavy (non-hydrogen) atoms. The molecular weight excluding hydrogens is 426 g/mol. The first-order chi connectivity index (χ1) is 14.9. The average molecular weight is 446 g/mol. The lowest BCUT2D eigenvalue weighted by Gasteiger charge is -2.46. The number of thioether (sulfide) groups is 1. The number of carboxylic acid groups (broad SMARTS) is 1. The summed E-state index contributed by atoms with van der Waals surface area (Å²) in [6, 6.07) is 11.9. The number of hydrogen-bond acceptors (Lipinski definition) is 5. The van der Waals surface area contributed by atoms with Crippen LogP contribution < -0.4 is 5.32 Å². The van der Waals surface area contributed by atoms with Crippen molar-refractivity contribution in [3.63, 3.8) is 0 Å². The molecule has 2 aromatic carbocycles. The maximum Gasteiger partial charge on any atom is 0.305 e. The van der Waals surface area contributed by atoms with Gasteiger partial charge in [0.1, 0.15) is 17.2 Å². The minimum absolute atomic E-state index is 0.0660. The fraction of sp³-hybridized carbons (Fsp3) is 0.318. The van der Waals surface area contributed by atoms with Crippen LogP contribution in [0.4, 0.5) is 8.78 Å². The molecule has 0 radical (unpaired) electrons. The van der Waals surface area contributed by atoms with Gasteiger partial charge >= 0.3 is 5.97 Å². The summed E-state index contributed by atoms with van der Waals surface area (Å²) in [7, 11) is 0. The molecular formula is C22H20F2N2O4S. The van der Waals surface area contributed by atoms with E-state index < -0.39 is 29.2 Å². The van der Waals surface area contributed by atoms with E-state index in [1.54, 1.807) is 30.3 Å². The Kier molecular flexibility index (Phi) is 6.06. The topological polar surface area (TPSA) is 88.0 Å². The fourth-order valence-electron chi connectivity index (χ4n) is 4.02. The van der Waals surface area contributed by atoms with Crippen LogP contribution in [0.2, 0.25) is 0 Å². The molecule has 1 amide bonds. The van der Waals surface area contributed by atoms with E-state index in [-0.39, 0.29) is 30.4 Å². The van der Waals surface area contributed by atoms with Crippen LogP contribution >= 0.6 is 11.8 Å². The van der Waals surface area contributed by atoms with Crippen LogP contribution in [0.25, 0.3) is 0 Å². The molecule has 2 N–H and O–H groups in total. The number of amides is 1. The molecule has 1 fully saturated rings. The van der Waals surface area contributed by atoms with Crippen LogP contribution in [0.5, 0.6) is 0 Å². The first-order valence-electron chi connectivity index (χ1n) is 9.75. The second kappa shape index (κ2) is 8.76. The fourth-order valence-corrected chi connectivity index (χ4v) is 5.19. The number of amidine groups is 1. The number of nitrogens with one attached hydrogen (secondary N) is 1. The summed E-state index contributed by atoms with van der Waals surface area (Å²) in [4.78, 5) is 28.4. The van der Waals surface area contributed by atoms with E-state index in [1.165, 1.54) is 17.8 Å². The van der Waals surface area contributed by atoms with Gasteiger partial charge in [-0.1, -0.05) is 36.0 Å². The predicted octanol–water partition coefficient (Wildman–Crippen LogP) is 3.57. The van der Waals surface area contributed by atoms with Crippen molar-refractivity contribution >= 4 is 28.8 Å². The van der Waals surface area contributed by atoms with E-state index in [4.69, 9.17) is 9.84 Å². The van der Waals surface area contributed by atoms with E-state index in [2.05, 4.69) is 10.3 Å². The second-order valence-corrected chi connectivity index (χ2v) is 8.57. The Balaban J connectivity index is 1.68. The van der Waals surface area contributed by atoms with E-state index in [0.717, 1.165) is 12.1 Å². The van der Waals surface area contributed by atoms with Gasteiger partial charge in [-0.2, -0.15) is 0 Å². The number of carboxylic acids is 1. The molecule has 0 saturated carbocycles. The molecule has 2 aromatic rings. The third kappa shape index (κ3) is 4.47. The highest BCUT2D eigenvalue weighted by Crippen LogP contribution is 2.47. The number of carbonyl (C=O) groups excluding carboxylic acids is 1. The molecule has 0 unspecified atom stereocenters. The van der Waals surface area contributed by atoms with Crippen molar-refractivity contribution in [1.82, 2.24) is 5.32 Å². The highest BCUT2D eigenvalue weighted by atomic mass is 32.2. The van der Waals surface area contributed by atoms with E-state index in [1.807, 2.05) is 0 Å². The van der Waals surface area contributed by atoms with E-state index >= 15 is 0 Å². The minimum Gasteiger partial charge on any atom is -0.481 e. The summed E-state index contributed by atoms with van der Waals surface area (Å²) in [6.07, 6.45) is -0.320. The van der Waals surface area contributed by atoms with Crippen molar-refractivity contribution in [2.24, 2.45) is 10.9 Å². The standard InChI is InChI=1S/C22H20F2N2O4S/c23-15-6-7-17(18(24)9-15)22-12-30-16(10-19(27)28)8-14(22)11-31-21(26-22)25-20(29)13-4-2-1-3-5-13/h1-7,9,14,16H,8,10-12H2,(H,27,28)(H,25,26,29)/t14-,16+,22-/m0/s1. The van der Waals surface area contributed by atoms with Gasteiger partial charge in [0.05, 0.1) is 19.1 Å². The number of carbonyl (C=O) groups is 2. The molecule has 162 valence electrons. The number of aliphatic carboxylic acids is 1. The quantitative estimate of drug-likeness (QED) is 0.750. The van der Waals surface area contributed by atoms with E-state index in [9.17, 15) is 18.4 Å². The number of benzene rings is 2. The van der Waals surface area contributed by atoms with Gasteiger partial charge in [-0.25, -0.2) is 13.8 Å². The van der Waals surface area contributed by atoms with Crippen LogP contribution in [-0.4, -0.2) is 40.6 Å². The molecule has 0 spiro atoms. The summed E-state index contributed by atoms with van der Waals surface area (Å²) in [5.41, 5.74) is -0.562. The van der Waals surface area contributed by atoms with Crippen LogP contribution in [-0.2, 0) is 15.1 Å². The Bertz CT molecular complexity index is 1030. The molecule has 4 rings (SSSR count). The Hall–Kier alpha value is -2.78. The van der Waals surface area contributed by atoms with Gasteiger partial charge < -0.3 is 15.2 Å². The first kappa shape index (κ1) is 21.5. The van der Waals surface area contributed by atoms with Crippen molar-refractivity contribution in [1.29, 1.82) is 0 Å². The highest BCUT2D eigenvalue weighted by Gasteiger charge is 2.50. The third-order valence-electron chi connectivity index (χ3n) is 5.54. The van der Waals surface area contributed by atoms with Crippen molar-refractivity contribution in [2.75, 3.05) is 12.4 Å². The van der Waals surface area contributed by atoms with Crippen molar-refractivity contribution in [3.05, 3.63) is 71.3 Å². The maximum atomic E-state index is 14.8. The molecule has 0 aromatic heterocycles. The zero-order chi connectivity index (χ0) is 22.0. The Labute approximate surface area is 181 Å². The SMILES string of the molecule is O=C(O)C[C@H]1C[C@H]2CSC(NC(=O)c3ccccc3)=N[C@@]2(c2ccc(F)cc2F)CO1. The molecule has 2 aliphatic heterocycles. The minimum atomic E-state index is -1.18. The number of fused-ring (bicyclic) bond motifs is 1. The molecule has 9 heteroatoms. The largest absolute Gasteiger partial charge is 0.481 e. The number of nitrogens with zero attached hydrogens (tertiary/aromatic N) is 1. The van der Waals surface area contributed by atoms with Crippen LogP contribution in [0.3, 0.4) is 0 Å². The second-order valence-electron chi connectivity index (χ2n) is 7.56. The number of rotatable bonds is 4. The molecule has 0 aliphatic carbocycles. The van der Waals surface area contributed by atoms with Crippen molar-refractivity contribution < 1.29 is 28.2 Å². The number of halogens is 2. The van der Waals surface area contributed by atoms with Crippen LogP contribution in [0.15, 0.2) is 53.5 Å². The summed E-state index contributed by atoms with van der Waals surface area (Å²) in [5, 5.41) is 12.2. The highest BCUT2D eigenvalue weighted by molar-refractivity contribution is 8.13. The Morgan fingerprint density at radius 2 is 2.00 bits per heavy atom. The van der Waals surface area contributed by atoms with Gasteiger partial charge in [0.15, 0.2) is 5.17 Å². The predicted molar refractivity (Wildman–Crippen MR) is 112 cm³/mol. The third-order valence-corrected chi connectivity index (χ3v) is 6.58. The molecule has 2 aliphatic rings. The van der Waals surface area contributed by atoms with Crippen molar-refractivity contribution in [2.45, 2.75) is 24.5 Å². The number of hydrogen-bond donors (Lipinski definition) is 2. The van der Waals surface area contributed by atoms with Crippen molar-refractivity contribution in [3.8, 4) is 0 Å². The smallest absolute Gasteiger partial charge is 0.305 e. The first-order valence-corrected chi connectivity index (χ1v) is 10.7. The molecule has 1 saturated heterocycles. The molecule has 6 nitrogen and oxygen atoms in total. The lowest BCUT2D eigenvalue weighted by molar-refractivity contribution is -0.143. The Morgan fingerprint density at radius 3 is 2.71 bits per heavy atom. The normalized spacial score (nSPS) is 25.3. The average Bonchev–Trinajstić information content (AvgIpc) is 2.74. The molecule has 3 atom stereocenters. The zero-order valence-corrected chi connectivity index (χ0v) is 17.2. The molecule has 0 bridgehead atoms. The van der Waals surface area contributed by atoms with Gasteiger partial charge in [-0.15, -0.1) is 0 Å². The van der Waals surface area contributed by atoms with Gasteiger partial charge in [0.2, 0.25) is 0 Å².